The summed E-state index contributed by atoms with van der Waals surface area (Å²) in [4.78, 5) is 11.3. The molecule has 2 aliphatic rings. The lowest BCUT2D eigenvalue weighted by molar-refractivity contribution is 0.0709. The molecule has 0 aromatic carbocycles. The van der Waals surface area contributed by atoms with Crippen LogP contribution in [-0.4, -0.2) is 33.5 Å². The number of nitrogens with two attached hydrogens (primary N) is 1. The van der Waals surface area contributed by atoms with Crippen molar-refractivity contribution in [1.82, 2.24) is 14.4 Å². The molecule has 0 amide bonds. The number of imidazole rings is 1. The van der Waals surface area contributed by atoms with Gasteiger partial charge >= 0.3 is 0 Å². The van der Waals surface area contributed by atoms with Crippen LogP contribution in [-0.2, 0) is 0 Å². The van der Waals surface area contributed by atoms with Crippen molar-refractivity contribution >= 4 is 27.5 Å². The zero-order valence-electron chi connectivity index (χ0n) is 11.3. The monoisotopic (exact) mass is 335 g/mol. The topological polar surface area (TPSA) is 59.5 Å². The molecule has 3 heterocycles. The Hall–Kier alpha value is -1.14. The average molecular weight is 336 g/mol. The number of hydrogen-bond donors (Lipinski definition) is 1. The number of hydrogen-bond acceptors (Lipinski definition) is 4. The Labute approximate surface area is 126 Å². The van der Waals surface area contributed by atoms with Gasteiger partial charge in [0, 0.05) is 37.7 Å². The summed E-state index contributed by atoms with van der Waals surface area (Å²) in [6.45, 7) is 2.13. The fourth-order valence-electron chi connectivity index (χ4n) is 3.75. The molecule has 1 aliphatic heterocycles. The minimum absolute atomic E-state index is 0.438. The standard InChI is InChI=1S/C14H18BrN5/c15-11-9-18-13(20-6-3-17-12(11)20)19-4-1-14(2-5-19)7-10(16)8-14/h3,6,9-10H,1-2,4-5,7-8,16H2. The van der Waals surface area contributed by atoms with Crippen molar-refractivity contribution in [2.45, 2.75) is 31.7 Å². The van der Waals surface area contributed by atoms with Crippen molar-refractivity contribution in [3.05, 3.63) is 23.1 Å². The molecule has 4 rings (SSSR count). The number of piperidine rings is 1. The summed E-state index contributed by atoms with van der Waals surface area (Å²) >= 11 is 3.50. The number of aromatic nitrogens is 3. The van der Waals surface area contributed by atoms with E-state index in [0.29, 0.717) is 11.5 Å². The maximum absolute atomic E-state index is 5.96. The molecule has 6 heteroatoms. The van der Waals surface area contributed by atoms with Crippen LogP contribution in [0.3, 0.4) is 0 Å². The van der Waals surface area contributed by atoms with Gasteiger partial charge in [-0.1, -0.05) is 0 Å². The smallest absolute Gasteiger partial charge is 0.211 e. The summed E-state index contributed by atoms with van der Waals surface area (Å²) in [6.07, 6.45) is 10.5. The second-order valence-electron chi connectivity index (χ2n) is 6.18. The molecule has 1 saturated carbocycles. The third kappa shape index (κ3) is 1.85. The highest BCUT2D eigenvalue weighted by atomic mass is 79.9. The molecule has 20 heavy (non-hydrogen) atoms. The van der Waals surface area contributed by atoms with E-state index < -0.39 is 0 Å². The van der Waals surface area contributed by atoms with Crippen LogP contribution in [0.2, 0.25) is 0 Å². The zero-order chi connectivity index (χ0) is 13.7. The highest BCUT2D eigenvalue weighted by molar-refractivity contribution is 9.10. The van der Waals surface area contributed by atoms with Crippen LogP contribution < -0.4 is 10.6 Å². The van der Waals surface area contributed by atoms with Crippen LogP contribution in [0.1, 0.15) is 25.7 Å². The lowest BCUT2D eigenvalue weighted by atomic mass is 9.61. The minimum Gasteiger partial charge on any atom is -0.342 e. The summed E-state index contributed by atoms with van der Waals surface area (Å²) < 4.78 is 3.00. The van der Waals surface area contributed by atoms with Crippen LogP contribution >= 0.6 is 15.9 Å². The summed E-state index contributed by atoms with van der Waals surface area (Å²) in [5, 5.41) is 0. The molecule has 1 saturated heterocycles. The van der Waals surface area contributed by atoms with Crippen molar-refractivity contribution < 1.29 is 0 Å². The predicted octanol–water partition coefficient (Wildman–Crippen LogP) is 2.20. The van der Waals surface area contributed by atoms with E-state index in [1.165, 1.54) is 25.7 Å². The van der Waals surface area contributed by atoms with Gasteiger partial charge in [0.25, 0.3) is 0 Å². The van der Waals surface area contributed by atoms with Gasteiger partial charge in [0.05, 0.1) is 4.47 Å². The van der Waals surface area contributed by atoms with Crippen LogP contribution in [0.15, 0.2) is 23.1 Å². The first-order valence-corrected chi connectivity index (χ1v) is 7.94. The Morgan fingerprint density at radius 3 is 2.70 bits per heavy atom. The summed E-state index contributed by atoms with van der Waals surface area (Å²) in [5.41, 5.74) is 7.42. The number of nitrogens with zero attached hydrogens (tertiary/aromatic N) is 4. The summed E-state index contributed by atoms with van der Waals surface area (Å²) in [7, 11) is 0. The van der Waals surface area contributed by atoms with Crippen molar-refractivity contribution in [3.8, 4) is 0 Å². The molecule has 2 aromatic rings. The molecule has 2 fully saturated rings. The van der Waals surface area contributed by atoms with Crippen LogP contribution in [0.4, 0.5) is 5.95 Å². The Bertz CT molecular complexity index is 636. The van der Waals surface area contributed by atoms with Crippen molar-refractivity contribution in [3.63, 3.8) is 0 Å². The first-order valence-electron chi connectivity index (χ1n) is 7.15. The van der Waals surface area contributed by atoms with Crippen molar-refractivity contribution in [2.75, 3.05) is 18.0 Å². The molecule has 5 nitrogen and oxygen atoms in total. The summed E-state index contributed by atoms with van der Waals surface area (Å²) in [6, 6.07) is 0.438. The molecule has 106 valence electrons. The van der Waals surface area contributed by atoms with E-state index in [2.05, 4.69) is 35.2 Å². The fourth-order valence-corrected chi connectivity index (χ4v) is 4.15. The van der Waals surface area contributed by atoms with E-state index in [-0.39, 0.29) is 0 Å². The average Bonchev–Trinajstić information content (AvgIpc) is 2.89. The molecule has 0 radical (unpaired) electrons. The Kier molecular flexibility index (Phi) is 2.79. The second kappa shape index (κ2) is 4.43. The highest BCUT2D eigenvalue weighted by Gasteiger charge is 2.44. The number of anilines is 1. The predicted molar refractivity (Wildman–Crippen MR) is 81.8 cm³/mol. The summed E-state index contributed by atoms with van der Waals surface area (Å²) in [5.74, 6) is 0.999. The van der Waals surface area contributed by atoms with Crippen molar-refractivity contribution in [1.29, 1.82) is 0 Å². The van der Waals surface area contributed by atoms with Gasteiger partial charge < -0.3 is 10.6 Å². The second-order valence-corrected chi connectivity index (χ2v) is 7.04. The number of fused-ring (bicyclic) bond motifs is 1. The minimum atomic E-state index is 0.438. The van der Waals surface area contributed by atoms with E-state index in [1.54, 1.807) is 0 Å². The normalized spacial score (nSPS) is 22.4. The van der Waals surface area contributed by atoms with E-state index in [9.17, 15) is 0 Å². The van der Waals surface area contributed by atoms with Gasteiger partial charge in [0.15, 0.2) is 5.65 Å². The molecule has 2 aromatic heterocycles. The number of halogens is 1. The Balaban J connectivity index is 1.59. The largest absolute Gasteiger partial charge is 0.342 e. The molecular weight excluding hydrogens is 318 g/mol. The maximum Gasteiger partial charge on any atom is 0.211 e. The van der Waals surface area contributed by atoms with Gasteiger partial charge in [-0.05, 0) is 47.0 Å². The number of rotatable bonds is 1. The molecular formula is C14H18BrN5. The lowest BCUT2D eigenvalue weighted by Gasteiger charge is -2.51. The van der Waals surface area contributed by atoms with Gasteiger partial charge in [0.1, 0.15) is 0 Å². The van der Waals surface area contributed by atoms with Gasteiger partial charge in [0.2, 0.25) is 5.95 Å². The van der Waals surface area contributed by atoms with E-state index in [4.69, 9.17) is 5.73 Å². The van der Waals surface area contributed by atoms with Crippen LogP contribution in [0.25, 0.3) is 5.65 Å². The van der Waals surface area contributed by atoms with Gasteiger partial charge in [-0.2, -0.15) is 0 Å². The molecule has 2 N–H and O–H groups in total. The highest BCUT2D eigenvalue weighted by Crippen LogP contribution is 2.48. The third-order valence-electron chi connectivity index (χ3n) is 4.86. The van der Waals surface area contributed by atoms with Crippen molar-refractivity contribution in [2.24, 2.45) is 11.1 Å². The zero-order valence-corrected chi connectivity index (χ0v) is 12.9. The van der Waals surface area contributed by atoms with E-state index in [0.717, 1.165) is 29.2 Å². The third-order valence-corrected chi connectivity index (χ3v) is 5.42. The van der Waals surface area contributed by atoms with Crippen LogP contribution in [0.5, 0.6) is 0 Å². The van der Waals surface area contributed by atoms with E-state index in [1.807, 2.05) is 18.6 Å². The first kappa shape index (κ1) is 12.6. The molecule has 1 spiro atoms. The maximum atomic E-state index is 5.96. The SMILES string of the molecule is NC1CC2(CCN(c3ncc(Br)c4nccn34)CC2)C1. The quantitative estimate of drug-likeness (QED) is 0.867. The Morgan fingerprint density at radius 2 is 2.00 bits per heavy atom. The van der Waals surface area contributed by atoms with Crippen LogP contribution in [0, 0.1) is 5.41 Å². The molecule has 0 atom stereocenters. The Morgan fingerprint density at radius 1 is 1.25 bits per heavy atom. The molecule has 1 aliphatic carbocycles. The van der Waals surface area contributed by atoms with Gasteiger partial charge in [-0.25, -0.2) is 9.97 Å². The van der Waals surface area contributed by atoms with Gasteiger partial charge in [-0.15, -0.1) is 0 Å². The first-order chi connectivity index (χ1) is 9.67. The lowest BCUT2D eigenvalue weighted by Crippen LogP contribution is -2.52. The molecule has 0 unspecified atom stereocenters. The fraction of sp³-hybridized carbons (Fsp3) is 0.571. The molecule has 0 bridgehead atoms. The van der Waals surface area contributed by atoms with Gasteiger partial charge in [-0.3, -0.25) is 4.40 Å². The van der Waals surface area contributed by atoms with E-state index >= 15 is 0 Å².